The van der Waals surface area contributed by atoms with E-state index in [4.69, 9.17) is 11.1 Å². The summed E-state index contributed by atoms with van der Waals surface area (Å²) in [6.07, 6.45) is 0. The molecule has 1 rings (SSSR count). The zero-order chi connectivity index (χ0) is 13.0. The number of hydrogen-bond donors (Lipinski definition) is 2. The van der Waals surface area contributed by atoms with Gasteiger partial charge in [-0.3, -0.25) is 5.41 Å². The first kappa shape index (κ1) is 13.5. The Morgan fingerprint density at radius 2 is 1.88 bits per heavy atom. The van der Waals surface area contributed by atoms with Crippen LogP contribution in [0.4, 0.5) is 5.69 Å². The van der Waals surface area contributed by atoms with Crippen LogP contribution >= 0.6 is 0 Å². The van der Waals surface area contributed by atoms with Crippen LogP contribution in [0.5, 0.6) is 0 Å². The van der Waals surface area contributed by atoms with Gasteiger partial charge in [0.1, 0.15) is 5.84 Å². The maximum absolute atomic E-state index is 7.45. The first-order valence-electron chi connectivity index (χ1n) is 5.72. The van der Waals surface area contributed by atoms with Crippen LogP contribution in [-0.4, -0.2) is 45.0 Å². The summed E-state index contributed by atoms with van der Waals surface area (Å²) in [7, 11) is 6.21. The number of hydrogen-bond acceptors (Lipinski definition) is 3. The summed E-state index contributed by atoms with van der Waals surface area (Å²) >= 11 is 0. The van der Waals surface area contributed by atoms with E-state index in [2.05, 4.69) is 37.0 Å². The minimum Gasteiger partial charge on any atom is -0.384 e. The van der Waals surface area contributed by atoms with Gasteiger partial charge < -0.3 is 15.5 Å². The Labute approximate surface area is 104 Å². The van der Waals surface area contributed by atoms with E-state index in [0.717, 1.165) is 29.9 Å². The lowest BCUT2D eigenvalue weighted by Crippen LogP contribution is -2.28. The van der Waals surface area contributed by atoms with Gasteiger partial charge in [0.05, 0.1) is 0 Å². The molecule has 4 heteroatoms. The van der Waals surface area contributed by atoms with Crippen molar-refractivity contribution in [2.45, 2.75) is 6.92 Å². The SMILES string of the molecule is Cc1cc(N(C)CCN(C)C)ccc1C(=N)N. The van der Waals surface area contributed by atoms with Crippen molar-refractivity contribution < 1.29 is 0 Å². The molecule has 0 aromatic heterocycles. The molecule has 0 aliphatic carbocycles. The lowest BCUT2D eigenvalue weighted by Gasteiger charge is -2.22. The Bertz CT molecular complexity index is 398. The van der Waals surface area contributed by atoms with Gasteiger partial charge in [-0.1, -0.05) is 0 Å². The molecule has 0 amide bonds. The maximum atomic E-state index is 7.45. The monoisotopic (exact) mass is 234 g/mol. The van der Waals surface area contributed by atoms with E-state index in [-0.39, 0.29) is 5.84 Å². The fraction of sp³-hybridized carbons (Fsp3) is 0.462. The van der Waals surface area contributed by atoms with Crippen LogP contribution in [0.1, 0.15) is 11.1 Å². The summed E-state index contributed by atoms with van der Waals surface area (Å²) in [6, 6.07) is 6.00. The largest absolute Gasteiger partial charge is 0.384 e. The highest BCUT2D eigenvalue weighted by atomic mass is 15.1. The molecule has 0 atom stereocenters. The Balaban J connectivity index is 2.79. The van der Waals surface area contributed by atoms with Crippen LogP contribution in [0.2, 0.25) is 0 Å². The lowest BCUT2D eigenvalue weighted by atomic mass is 10.1. The fourth-order valence-corrected chi connectivity index (χ4v) is 1.67. The molecule has 0 spiro atoms. The van der Waals surface area contributed by atoms with Crippen molar-refractivity contribution >= 4 is 11.5 Å². The zero-order valence-corrected chi connectivity index (χ0v) is 11.1. The highest BCUT2D eigenvalue weighted by molar-refractivity contribution is 5.96. The van der Waals surface area contributed by atoms with Crippen LogP contribution in [0, 0.1) is 12.3 Å². The van der Waals surface area contributed by atoms with Crippen molar-refractivity contribution in [1.29, 1.82) is 5.41 Å². The van der Waals surface area contributed by atoms with E-state index in [1.54, 1.807) is 0 Å². The van der Waals surface area contributed by atoms with Gasteiger partial charge in [0.2, 0.25) is 0 Å². The number of amidine groups is 1. The molecule has 0 aliphatic rings. The molecule has 0 saturated carbocycles. The van der Waals surface area contributed by atoms with Gasteiger partial charge in [0.25, 0.3) is 0 Å². The summed E-state index contributed by atoms with van der Waals surface area (Å²) < 4.78 is 0. The van der Waals surface area contributed by atoms with E-state index in [1.807, 2.05) is 19.1 Å². The predicted octanol–water partition coefficient (Wildman–Crippen LogP) is 1.28. The summed E-state index contributed by atoms with van der Waals surface area (Å²) in [4.78, 5) is 4.37. The third-order valence-electron chi connectivity index (χ3n) is 2.82. The normalized spacial score (nSPS) is 10.6. The van der Waals surface area contributed by atoms with Gasteiger partial charge in [-0.2, -0.15) is 0 Å². The van der Waals surface area contributed by atoms with Crippen LogP contribution in [0.25, 0.3) is 0 Å². The topological polar surface area (TPSA) is 56.4 Å². The lowest BCUT2D eigenvalue weighted by molar-refractivity contribution is 0.416. The molecular weight excluding hydrogens is 212 g/mol. The molecule has 0 heterocycles. The molecule has 4 nitrogen and oxygen atoms in total. The van der Waals surface area contributed by atoms with Gasteiger partial charge in [-0.25, -0.2) is 0 Å². The van der Waals surface area contributed by atoms with E-state index in [1.165, 1.54) is 0 Å². The molecule has 0 aliphatic heterocycles. The Morgan fingerprint density at radius 3 is 2.35 bits per heavy atom. The Kier molecular flexibility index (Phi) is 4.52. The first-order valence-corrected chi connectivity index (χ1v) is 5.72. The number of nitrogens with one attached hydrogen (secondary N) is 1. The van der Waals surface area contributed by atoms with Gasteiger partial charge in [0.15, 0.2) is 0 Å². The first-order chi connectivity index (χ1) is 7.91. The van der Waals surface area contributed by atoms with E-state index >= 15 is 0 Å². The molecule has 17 heavy (non-hydrogen) atoms. The van der Waals surface area contributed by atoms with Gasteiger partial charge in [-0.05, 0) is 44.8 Å². The fourth-order valence-electron chi connectivity index (χ4n) is 1.67. The number of nitrogens with two attached hydrogens (primary N) is 1. The molecule has 0 fully saturated rings. The number of aryl methyl sites for hydroxylation is 1. The summed E-state index contributed by atoms with van der Waals surface area (Å²) in [5.41, 5.74) is 8.53. The minimum absolute atomic E-state index is 0.130. The summed E-state index contributed by atoms with van der Waals surface area (Å²) in [5.74, 6) is 0.130. The second-order valence-corrected chi connectivity index (χ2v) is 4.64. The predicted molar refractivity (Wildman–Crippen MR) is 74.0 cm³/mol. The standard InChI is InChI=1S/C13H22N4/c1-10-9-11(5-6-12(10)13(14)15)17(4)8-7-16(2)3/h5-6,9H,7-8H2,1-4H3,(H3,14,15). The molecule has 0 radical (unpaired) electrons. The van der Waals surface area contributed by atoms with Gasteiger partial charge in [-0.15, -0.1) is 0 Å². The molecular formula is C13H22N4. The van der Waals surface area contributed by atoms with Crippen LogP contribution in [-0.2, 0) is 0 Å². The van der Waals surface area contributed by atoms with Crippen molar-refractivity contribution in [3.8, 4) is 0 Å². The quantitative estimate of drug-likeness (QED) is 0.596. The van der Waals surface area contributed by atoms with Gasteiger partial charge >= 0.3 is 0 Å². The van der Waals surface area contributed by atoms with Crippen molar-refractivity contribution in [3.05, 3.63) is 29.3 Å². The maximum Gasteiger partial charge on any atom is 0.123 e. The average molecular weight is 234 g/mol. The van der Waals surface area contributed by atoms with Gasteiger partial charge in [0, 0.05) is 31.4 Å². The van der Waals surface area contributed by atoms with Crippen LogP contribution in [0.15, 0.2) is 18.2 Å². The van der Waals surface area contributed by atoms with Crippen molar-refractivity contribution in [1.82, 2.24) is 4.90 Å². The highest BCUT2D eigenvalue weighted by Gasteiger charge is 2.06. The Hall–Kier alpha value is -1.55. The van der Waals surface area contributed by atoms with E-state index in [0.29, 0.717) is 0 Å². The molecule has 0 bridgehead atoms. The van der Waals surface area contributed by atoms with Crippen molar-refractivity contribution in [2.75, 3.05) is 39.1 Å². The smallest absolute Gasteiger partial charge is 0.123 e. The molecule has 0 saturated heterocycles. The summed E-state index contributed by atoms with van der Waals surface area (Å²) in [5, 5.41) is 7.45. The molecule has 1 aromatic carbocycles. The zero-order valence-electron chi connectivity index (χ0n) is 11.1. The van der Waals surface area contributed by atoms with Crippen LogP contribution < -0.4 is 10.6 Å². The number of likely N-dealkylation sites (N-methyl/N-ethyl adjacent to an activating group) is 2. The second-order valence-electron chi connectivity index (χ2n) is 4.64. The molecule has 1 aromatic rings. The number of rotatable bonds is 5. The second kappa shape index (κ2) is 5.68. The van der Waals surface area contributed by atoms with E-state index < -0.39 is 0 Å². The minimum atomic E-state index is 0.130. The molecule has 0 unspecified atom stereocenters. The molecule has 94 valence electrons. The third kappa shape index (κ3) is 3.75. The van der Waals surface area contributed by atoms with Crippen LogP contribution in [0.3, 0.4) is 0 Å². The average Bonchev–Trinajstić information content (AvgIpc) is 2.25. The number of nitrogen functional groups attached to an aromatic ring is 1. The number of anilines is 1. The van der Waals surface area contributed by atoms with Crippen molar-refractivity contribution in [3.63, 3.8) is 0 Å². The summed E-state index contributed by atoms with van der Waals surface area (Å²) in [6.45, 7) is 3.98. The van der Waals surface area contributed by atoms with E-state index in [9.17, 15) is 0 Å². The number of benzene rings is 1. The number of nitrogens with zero attached hydrogens (tertiary/aromatic N) is 2. The van der Waals surface area contributed by atoms with Crippen molar-refractivity contribution in [2.24, 2.45) is 5.73 Å². The molecule has 3 N–H and O–H groups in total. The highest BCUT2D eigenvalue weighted by Crippen LogP contribution is 2.17. The third-order valence-corrected chi connectivity index (χ3v) is 2.82. The Morgan fingerprint density at radius 1 is 1.24 bits per heavy atom.